The second-order valence-corrected chi connectivity index (χ2v) is 4.05. The van der Waals surface area contributed by atoms with E-state index in [2.05, 4.69) is 0 Å². The molecule has 0 aliphatic carbocycles. The molecule has 0 aromatic heterocycles. The number of likely N-dealkylation sites (N-methyl/N-ethyl adjacent to an activating group) is 1. The fourth-order valence-corrected chi connectivity index (χ4v) is 1.41. The van der Waals surface area contributed by atoms with Gasteiger partial charge in [0.25, 0.3) is 0 Å². The summed E-state index contributed by atoms with van der Waals surface area (Å²) in [4.78, 5) is 1.28. The Bertz CT molecular complexity index is 157. The van der Waals surface area contributed by atoms with Crippen molar-refractivity contribution in [1.82, 2.24) is 4.90 Å². The van der Waals surface area contributed by atoms with Crippen molar-refractivity contribution in [3.8, 4) is 0 Å². The molecule has 0 spiro atoms. The van der Waals surface area contributed by atoms with Gasteiger partial charge in [-0.05, 0) is 19.4 Å². The number of hydrogen-bond donors (Lipinski definition) is 1. The first-order valence-corrected chi connectivity index (χ1v) is 4.73. The quantitative estimate of drug-likeness (QED) is 0.753. The lowest BCUT2D eigenvalue weighted by Crippen LogP contribution is -2.43. The third kappa shape index (κ3) is 6.21. The van der Waals surface area contributed by atoms with Crippen molar-refractivity contribution < 1.29 is 13.2 Å². The van der Waals surface area contributed by atoms with Crippen LogP contribution in [0.3, 0.4) is 0 Å². The van der Waals surface area contributed by atoms with Crippen molar-refractivity contribution in [2.45, 2.75) is 32.5 Å². The van der Waals surface area contributed by atoms with Crippen molar-refractivity contribution in [2.75, 3.05) is 20.1 Å². The van der Waals surface area contributed by atoms with Crippen LogP contribution in [0, 0.1) is 5.92 Å². The molecule has 0 saturated heterocycles. The van der Waals surface area contributed by atoms with Crippen LogP contribution in [0.2, 0.25) is 0 Å². The highest BCUT2D eigenvalue weighted by molar-refractivity contribution is 4.73. The summed E-state index contributed by atoms with van der Waals surface area (Å²) in [6.45, 7) is 3.33. The fourth-order valence-electron chi connectivity index (χ4n) is 1.41. The van der Waals surface area contributed by atoms with E-state index in [1.54, 1.807) is 0 Å². The van der Waals surface area contributed by atoms with Gasteiger partial charge in [0, 0.05) is 12.6 Å². The standard InChI is InChI=1S/C9H19F3N2/c1-7(2)4-8(5-13)14(3)6-9(10,11)12/h7-8H,4-6,13H2,1-3H3. The van der Waals surface area contributed by atoms with E-state index in [0.29, 0.717) is 12.3 Å². The second-order valence-electron chi connectivity index (χ2n) is 4.05. The number of alkyl halides is 3. The van der Waals surface area contributed by atoms with Gasteiger partial charge >= 0.3 is 6.18 Å². The minimum absolute atomic E-state index is 0.184. The monoisotopic (exact) mass is 212 g/mol. The molecule has 0 saturated carbocycles. The van der Waals surface area contributed by atoms with Crippen molar-refractivity contribution in [3.63, 3.8) is 0 Å². The second kappa shape index (κ2) is 5.56. The van der Waals surface area contributed by atoms with Gasteiger partial charge in [-0.3, -0.25) is 4.90 Å². The lowest BCUT2D eigenvalue weighted by Gasteiger charge is -2.28. The van der Waals surface area contributed by atoms with E-state index < -0.39 is 12.7 Å². The van der Waals surface area contributed by atoms with Crippen LogP contribution in [0.25, 0.3) is 0 Å². The number of halogens is 3. The Kier molecular flexibility index (Phi) is 5.44. The predicted molar refractivity (Wildman–Crippen MR) is 51.0 cm³/mol. The Labute approximate surface area is 83.3 Å². The van der Waals surface area contributed by atoms with E-state index >= 15 is 0 Å². The molecule has 0 aliphatic heterocycles. The van der Waals surface area contributed by atoms with Gasteiger partial charge in [-0.15, -0.1) is 0 Å². The molecule has 1 atom stereocenters. The van der Waals surface area contributed by atoms with Crippen LogP contribution in [-0.2, 0) is 0 Å². The van der Waals surface area contributed by atoms with Crippen LogP contribution in [0.4, 0.5) is 13.2 Å². The van der Waals surface area contributed by atoms with Crippen molar-refractivity contribution >= 4 is 0 Å². The summed E-state index contributed by atoms with van der Waals surface area (Å²) in [6, 6.07) is -0.184. The molecular weight excluding hydrogens is 193 g/mol. The molecule has 1 unspecified atom stereocenters. The Morgan fingerprint density at radius 1 is 1.29 bits per heavy atom. The first-order valence-electron chi connectivity index (χ1n) is 4.73. The SMILES string of the molecule is CC(C)CC(CN)N(C)CC(F)(F)F. The minimum Gasteiger partial charge on any atom is -0.329 e. The topological polar surface area (TPSA) is 29.3 Å². The molecule has 2 N–H and O–H groups in total. The highest BCUT2D eigenvalue weighted by Crippen LogP contribution is 2.18. The Morgan fingerprint density at radius 2 is 1.79 bits per heavy atom. The molecule has 5 heteroatoms. The molecule has 0 fully saturated rings. The van der Waals surface area contributed by atoms with E-state index in [4.69, 9.17) is 5.73 Å². The zero-order valence-corrected chi connectivity index (χ0v) is 8.93. The average Bonchev–Trinajstić information content (AvgIpc) is 1.96. The Balaban J connectivity index is 4.10. The van der Waals surface area contributed by atoms with E-state index in [1.165, 1.54) is 11.9 Å². The lowest BCUT2D eigenvalue weighted by atomic mass is 10.0. The largest absolute Gasteiger partial charge is 0.401 e. The third-order valence-electron chi connectivity index (χ3n) is 2.07. The van der Waals surface area contributed by atoms with Crippen LogP contribution >= 0.6 is 0 Å². The summed E-state index contributed by atoms with van der Waals surface area (Å²) in [5, 5.41) is 0. The summed E-state index contributed by atoms with van der Waals surface area (Å²) < 4.78 is 36.2. The smallest absolute Gasteiger partial charge is 0.329 e. The van der Waals surface area contributed by atoms with E-state index in [9.17, 15) is 13.2 Å². The van der Waals surface area contributed by atoms with Crippen molar-refractivity contribution in [1.29, 1.82) is 0 Å². The van der Waals surface area contributed by atoms with Gasteiger partial charge in [-0.2, -0.15) is 13.2 Å². The lowest BCUT2D eigenvalue weighted by molar-refractivity contribution is -0.147. The summed E-state index contributed by atoms with van der Waals surface area (Å²) >= 11 is 0. The number of nitrogens with two attached hydrogens (primary N) is 1. The predicted octanol–water partition coefficient (Wildman–Crippen LogP) is 1.85. The highest BCUT2D eigenvalue weighted by Gasteiger charge is 2.31. The molecule has 14 heavy (non-hydrogen) atoms. The van der Waals surface area contributed by atoms with E-state index in [-0.39, 0.29) is 12.6 Å². The molecule has 0 radical (unpaired) electrons. The molecule has 0 aromatic carbocycles. The van der Waals surface area contributed by atoms with Crippen LogP contribution in [0.15, 0.2) is 0 Å². The first-order chi connectivity index (χ1) is 6.26. The van der Waals surface area contributed by atoms with Crippen LogP contribution in [-0.4, -0.2) is 37.3 Å². The third-order valence-corrected chi connectivity index (χ3v) is 2.07. The van der Waals surface area contributed by atoms with Gasteiger partial charge in [0.15, 0.2) is 0 Å². The van der Waals surface area contributed by atoms with Crippen LogP contribution in [0.5, 0.6) is 0 Å². The maximum atomic E-state index is 12.1. The summed E-state index contributed by atoms with van der Waals surface area (Å²) in [7, 11) is 1.47. The number of rotatable bonds is 5. The number of nitrogens with zero attached hydrogens (tertiary/aromatic N) is 1. The Hall–Kier alpha value is -0.290. The minimum atomic E-state index is -4.14. The molecular formula is C9H19F3N2. The molecule has 0 amide bonds. The molecule has 0 heterocycles. The number of hydrogen-bond acceptors (Lipinski definition) is 2. The van der Waals surface area contributed by atoms with Gasteiger partial charge < -0.3 is 5.73 Å². The molecule has 0 rings (SSSR count). The van der Waals surface area contributed by atoms with Crippen molar-refractivity contribution in [2.24, 2.45) is 11.7 Å². The summed E-state index contributed by atoms with van der Waals surface area (Å²) in [6.07, 6.45) is -3.44. The average molecular weight is 212 g/mol. The summed E-state index contributed by atoms with van der Waals surface area (Å²) in [5.41, 5.74) is 5.43. The maximum Gasteiger partial charge on any atom is 0.401 e. The zero-order chi connectivity index (χ0) is 11.4. The van der Waals surface area contributed by atoms with Gasteiger partial charge in [0.1, 0.15) is 0 Å². The molecule has 0 aromatic rings. The van der Waals surface area contributed by atoms with Crippen LogP contribution in [0.1, 0.15) is 20.3 Å². The first kappa shape index (κ1) is 13.7. The van der Waals surface area contributed by atoms with Crippen LogP contribution < -0.4 is 5.73 Å². The molecule has 2 nitrogen and oxygen atoms in total. The Morgan fingerprint density at radius 3 is 2.07 bits per heavy atom. The van der Waals surface area contributed by atoms with Crippen molar-refractivity contribution in [3.05, 3.63) is 0 Å². The van der Waals surface area contributed by atoms with E-state index in [1.807, 2.05) is 13.8 Å². The van der Waals surface area contributed by atoms with Gasteiger partial charge in [-0.25, -0.2) is 0 Å². The van der Waals surface area contributed by atoms with Gasteiger partial charge in [0.2, 0.25) is 0 Å². The normalized spacial score (nSPS) is 15.2. The van der Waals surface area contributed by atoms with Gasteiger partial charge in [0.05, 0.1) is 6.54 Å². The van der Waals surface area contributed by atoms with E-state index in [0.717, 1.165) is 0 Å². The zero-order valence-electron chi connectivity index (χ0n) is 8.93. The molecule has 86 valence electrons. The highest BCUT2D eigenvalue weighted by atomic mass is 19.4. The van der Waals surface area contributed by atoms with Gasteiger partial charge in [-0.1, -0.05) is 13.8 Å². The summed E-state index contributed by atoms with van der Waals surface area (Å²) in [5.74, 6) is 0.360. The fraction of sp³-hybridized carbons (Fsp3) is 1.00. The molecule has 0 bridgehead atoms. The molecule has 0 aliphatic rings. The maximum absolute atomic E-state index is 12.1.